The predicted molar refractivity (Wildman–Crippen MR) is 119 cm³/mol. The predicted octanol–water partition coefficient (Wildman–Crippen LogP) is 3.01. The monoisotopic (exact) mass is 417 g/mol. The molecule has 1 aromatic carbocycles. The third kappa shape index (κ3) is 3.99. The van der Waals surface area contributed by atoms with Crippen molar-refractivity contribution in [1.82, 2.24) is 24.5 Å². The van der Waals surface area contributed by atoms with Crippen LogP contribution in [0.15, 0.2) is 48.9 Å². The molecular formula is C22H23N7O2. The van der Waals surface area contributed by atoms with Gasteiger partial charge in [0, 0.05) is 49.7 Å². The first-order chi connectivity index (χ1) is 15.2. The van der Waals surface area contributed by atoms with E-state index in [2.05, 4.69) is 26.3 Å². The van der Waals surface area contributed by atoms with Gasteiger partial charge in [0.25, 0.3) is 0 Å². The number of rotatable bonds is 5. The van der Waals surface area contributed by atoms with Crippen LogP contribution in [0.4, 0.5) is 17.5 Å². The second-order valence-electron chi connectivity index (χ2n) is 7.31. The van der Waals surface area contributed by atoms with Crippen molar-refractivity contribution in [3.05, 3.63) is 48.9 Å². The lowest BCUT2D eigenvalue weighted by Gasteiger charge is -2.27. The number of hydrogen-bond acceptors (Lipinski definition) is 8. The Balaban J connectivity index is 1.57. The minimum atomic E-state index is 0.536. The molecule has 3 aromatic heterocycles. The highest BCUT2D eigenvalue weighted by atomic mass is 16.5. The second kappa shape index (κ2) is 8.19. The van der Waals surface area contributed by atoms with Crippen LogP contribution in [-0.2, 0) is 11.8 Å². The molecule has 1 aliphatic heterocycles. The van der Waals surface area contributed by atoms with Gasteiger partial charge in [0.15, 0.2) is 0 Å². The average Bonchev–Trinajstić information content (AvgIpc) is 3.19. The number of nitrogens with zero attached hydrogens (tertiary/aromatic N) is 6. The van der Waals surface area contributed by atoms with Crippen LogP contribution in [0.25, 0.3) is 22.3 Å². The summed E-state index contributed by atoms with van der Waals surface area (Å²) >= 11 is 0. The van der Waals surface area contributed by atoms with E-state index in [1.165, 1.54) is 0 Å². The fourth-order valence-electron chi connectivity index (χ4n) is 3.58. The van der Waals surface area contributed by atoms with Gasteiger partial charge >= 0.3 is 0 Å². The molecule has 31 heavy (non-hydrogen) atoms. The number of benzene rings is 1. The summed E-state index contributed by atoms with van der Waals surface area (Å²) < 4.78 is 12.7. The van der Waals surface area contributed by atoms with Crippen LogP contribution in [-0.4, -0.2) is 57.9 Å². The Morgan fingerprint density at radius 1 is 1.03 bits per heavy atom. The number of aromatic nitrogens is 5. The fraction of sp³-hybridized carbons (Fsp3) is 0.273. The van der Waals surface area contributed by atoms with E-state index in [1.807, 2.05) is 48.3 Å². The molecule has 0 unspecified atom stereocenters. The summed E-state index contributed by atoms with van der Waals surface area (Å²) in [7, 11) is 3.59. The van der Waals surface area contributed by atoms with Crippen LogP contribution >= 0.6 is 0 Å². The molecule has 0 spiro atoms. The number of imidazole rings is 1. The smallest absolute Gasteiger partial charge is 0.228 e. The molecule has 0 amide bonds. The van der Waals surface area contributed by atoms with Crippen molar-refractivity contribution < 1.29 is 9.47 Å². The highest BCUT2D eigenvalue weighted by Gasteiger charge is 2.17. The first kappa shape index (κ1) is 19.3. The maximum atomic E-state index is 5.50. The van der Waals surface area contributed by atoms with E-state index in [-0.39, 0.29) is 0 Å². The Morgan fingerprint density at radius 2 is 1.90 bits per heavy atom. The highest BCUT2D eigenvalue weighted by molar-refractivity contribution is 5.82. The van der Waals surface area contributed by atoms with Gasteiger partial charge in [-0.2, -0.15) is 4.98 Å². The standard InChI is InChI=1S/C22H23N7O2/c1-28-14-24-17-4-3-15(11-19(17)28)18-13-20(25-16-5-6-23-21(12-16)30-2)27-22(26-18)29-7-9-31-10-8-29/h3-6,11-14H,7-10H2,1-2H3,(H,23,25,26,27). The number of nitrogens with one attached hydrogen (secondary N) is 1. The first-order valence-corrected chi connectivity index (χ1v) is 10.1. The Bertz CT molecular complexity index is 1220. The van der Waals surface area contributed by atoms with E-state index >= 15 is 0 Å². The van der Waals surface area contributed by atoms with Crippen LogP contribution in [0.5, 0.6) is 5.88 Å². The van der Waals surface area contributed by atoms with E-state index < -0.39 is 0 Å². The maximum Gasteiger partial charge on any atom is 0.228 e. The van der Waals surface area contributed by atoms with Crippen molar-refractivity contribution in [1.29, 1.82) is 0 Å². The number of ether oxygens (including phenoxy) is 2. The molecule has 1 N–H and O–H groups in total. The van der Waals surface area contributed by atoms with Crippen molar-refractivity contribution in [2.24, 2.45) is 7.05 Å². The van der Waals surface area contributed by atoms with Crippen LogP contribution < -0.4 is 15.0 Å². The van der Waals surface area contributed by atoms with Gasteiger partial charge in [-0.15, -0.1) is 0 Å². The molecule has 9 heteroatoms. The normalized spacial score (nSPS) is 14.1. The lowest BCUT2D eigenvalue weighted by molar-refractivity contribution is 0.122. The quantitative estimate of drug-likeness (QED) is 0.530. The number of pyridine rings is 1. The first-order valence-electron chi connectivity index (χ1n) is 10.1. The van der Waals surface area contributed by atoms with Gasteiger partial charge in [-0.05, 0) is 18.2 Å². The Kier molecular flexibility index (Phi) is 5.09. The van der Waals surface area contributed by atoms with Crippen LogP contribution in [0.2, 0.25) is 0 Å². The largest absolute Gasteiger partial charge is 0.481 e. The van der Waals surface area contributed by atoms with Crippen molar-refractivity contribution in [2.45, 2.75) is 0 Å². The van der Waals surface area contributed by atoms with Crippen molar-refractivity contribution in [3.63, 3.8) is 0 Å². The Labute approximate surface area is 179 Å². The Hall–Kier alpha value is -3.72. The van der Waals surface area contributed by atoms with Gasteiger partial charge in [-0.3, -0.25) is 0 Å². The molecule has 0 bridgehead atoms. The van der Waals surface area contributed by atoms with E-state index in [1.54, 1.807) is 13.3 Å². The Morgan fingerprint density at radius 3 is 2.74 bits per heavy atom. The zero-order valence-corrected chi connectivity index (χ0v) is 17.4. The summed E-state index contributed by atoms with van der Waals surface area (Å²) in [5, 5.41) is 3.37. The molecule has 4 aromatic rings. The third-order valence-electron chi connectivity index (χ3n) is 5.25. The molecule has 0 radical (unpaired) electrons. The van der Waals surface area contributed by atoms with E-state index in [0.29, 0.717) is 30.9 Å². The number of methoxy groups -OCH3 is 1. The van der Waals surface area contributed by atoms with E-state index in [4.69, 9.17) is 19.4 Å². The van der Waals surface area contributed by atoms with Crippen molar-refractivity contribution in [2.75, 3.05) is 43.6 Å². The van der Waals surface area contributed by atoms with Gasteiger partial charge in [0.2, 0.25) is 11.8 Å². The fourth-order valence-corrected chi connectivity index (χ4v) is 3.58. The molecule has 0 aliphatic carbocycles. The summed E-state index contributed by atoms with van der Waals surface area (Å²) in [4.78, 5) is 20.4. The summed E-state index contributed by atoms with van der Waals surface area (Å²) in [6, 6.07) is 11.8. The van der Waals surface area contributed by atoms with Crippen LogP contribution in [0.3, 0.4) is 0 Å². The lowest BCUT2D eigenvalue weighted by atomic mass is 10.1. The number of fused-ring (bicyclic) bond motifs is 1. The van der Waals surface area contributed by atoms with Crippen LogP contribution in [0.1, 0.15) is 0 Å². The maximum absolute atomic E-state index is 5.50. The summed E-state index contributed by atoms with van der Waals surface area (Å²) in [5.41, 5.74) is 4.69. The van der Waals surface area contributed by atoms with Gasteiger partial charge in [-0.25, -0.2) is 15.0 Å². The molecule has 5 rings (SSSR count). The molecular weight excluding hydrogens is 394 g/mol. The van der Waals surface area contributed by atoms with Crippen molar-refractivity contribution >= 4 is 28.5 Å². The summed E-state index contributed by atoms with van der Waals surface area (Å²) in [6.07, 6.45) is 3.51. The van der Waals surface area contributed by atoms with E-state index in [0.717, 1.165) is 41.1 Å². The van der Waals surface area contributed by atoms with Gasteiger partial charge < -0.3 is 24.3 Å². The number of anilines is 3. The third-order valence-corrected chi connectivity index (χ3v) is 5.25. The number of morpholine rings is 1. The molecule has 9 nitrogen and oxygen atoms in total. The van der Waals surface area contributed by atoms with Gasteiger partial charge in [-0.1, -0.05) is 6.07 Å². The molecule has 1 saturated heterocycles. The lowest BCUT2D eigenvalue weighted by Crippen LogP contribution is -2.37. The van der Waals surface area contributed by atoms with Crippen molar-refractivity contribution in [3.8, 4) is 17.1 Å². The molecule has 1 aliphatic rings. The minimum Gasteiger partial charge on any atom is -0.481 e. The number of hydrogen-bond donors (Lipinski definition) is 1. The van der Waals surface area contributed by atoms with Crippen LogP contribution in [0, 0.1) is 0 Å². The highest BCUT2D eigenvalue weighted by Crippen LogP contribution is 2.28. The molecule has 4 heterocycles. The molecule has 1 fully saturated rings. The number of aryl methyl sites for hydroxylation is 1. The topological polar surface area (TPSA) is 90.2 Å². The second-order valence-corrected chi connectivity index (χ2v) is 7.31. The molecule has 158 valence electrons. The molecule has 0 atom stereocenters. The molecule has 0 saturated carbocycles. The van der Waals surface area contributed by atoms with Gasteiger partial charge in [0.1, 0.15) is 5.82 Å². The zero-order chi connectivity index (χ0) is 21.2. The summed E-state index contributed by atoms with van der Waals surface area (Å²) in [5.74, 6) is 1.91. The minimum absolute atomic E-state index is 0.536. The average molecular weight is 417 g/mol. The SMILES string of the molecule is COc1cc(Nc2cc(-c3ccc4ncn(C)c4c3)nc(N3CCOCC3)n2)ccn1. The summed E-state index contributed by atoms with van der Waals surface area (Å²) in [6.45, 7) is 2.84. The van der Waals surface area contributed by atoms with E-state index in [9.17, 15) is 0 Å². The van der Waals surface area contributed by atoms with Gasteiger partial charge in [0.05, 0.1) is 43.4 Å². The zero-order valence-electron chi connectivity index (χ0n) is 17.4.